The Hall–Kier alpha value is -0.0900. The molecule has 0 spiro atoms. The summed E-state index contributed by atoms with van der Waals surface area (Å²) in [5.41, 5.74) is 0. The number of sulfonamides is 1. The fourth-order valence-electron chi connectivity index (χ4n) is 1.51. The topological polar surface area (TPSA) is 46.2 Å². The third kappa shape index (κ3) is 2.20. The molecule has 0 saturated heterocycles. The monoisotopic (exact) mass is 191 g/mol. The zero-order chi connectivity index (χ0) is 9.35. The molecule has 3 nitrogen and oxygen atoms in total. The van der Waals surface area contributed by atoms with Gasteiger partial charge in [0, 0.05) is 6.04 Å². The van der Waals surface area contributed by atoms with Crippen LogP contribution >= 0.6 is 0 Å². The van der Waals surface area contributed by atoms with Gasteiger partial charge in [-0.15, -0.1) is 0 Å². The van der Waals surface area contributed by atoms with E-state index in [2.05, 4.69) is 11.6 Å². The SMILES string of the molecule is CC1CC(S(=O)(=O)NC(C)C)C1. The van der Waals surface area contributed by atoms with Crippen LogP contribution < -0.4 is 4.72 Å². The van der Waals surface area contributed by atoms with Crippen molar-refractivity contribution < 1.29 is 8.42 Å². The van der Waals surface area contributed by atoms with Gasteiger partial charge in [0.2, 0.25) is 10.0 Å². The molecule has 0 aliphatic heterocycles. The van der Waals surface area contributed by atoms with Crippen molar-refractivity contribution in [2.24, 2.45) is 5.92 Å². The average Bonchev–Trinajstić information content (AvgIpc) is 1.77. The van der Waals surface area contributed by atoms with E-state index >= 15 is 0 Å². The minimum Gasteiger partial charge on any atom is -0.212 e. The van der Waals surface area contributed by atoms with Crippen LogP contribution in [-0.4, -0.2) is 19.7 Å². The molecule has 1 aliphatic carbocycles. The summed E-state index contributed by atoms with van der Waals surface area (Å²) < 4.78 is 25.5. The Morgan fingerprint density at radius 3 is 2.17 bits per heavy atom. The van der Waals surface area contributed by atoms with Gasteiger partial charge >= 0.3 is 0 Å². The summed E-state index contributed by atoms with van der Waals surface area (Å²) in [5, 5.41) is -0.130. The summed E-state index contributed by atoms with van der Waals surface area (Å²) in [7, 11) is -3.01. The molecule has 0 bridgehead atoms. The van der Waals surface area contributed by atoms with Gasteiger partial charge in [-0.3, -0.25) is 0 Å². The lowest BCUT2D eigenvalue weighted by Crippen LogP contribution is -2.44. The van der Waals surface area contributed by atoms with E-state index in [1.807, 2.05) is 13.8 Å². The number of rotatable bonds is 3. The highest BCUT2D eigenvalue weighted by atomic mass is 32.2. The minimum atomic E-state index is -3.01. The van der Waals surface area contributed by atoms with E-state index in [4.69, 9.17) is 0 Å². The maximum atomic E-state index is 11.5. The fourth-order valence-corrected chi connectivity index (χ4v) is 3.52. The standard InChI is InChI=1S/C8H17NO2S/c1-6(2)9-12(10,11)8-4-7(3)5-8/h6-9H,4-5H2,1-3H3. The van der Waals surface area contributed by atoms with Gasteiger partial charge in [0.1, 0.15) is 0 Å². The second kappa shape index (κ2) is 3.34. The van der Waals surface area contributed by atoms with Crippen LogP contribution in [-0.2, 0) is 10.0 Å². The maximum Gasteiger partial charge on any atom is 0.214 e. The van der Waals surface area contributed by atoms with Crippen LogP contribution in [0.1, 0.15) is 33.6 Å². The number of hydrogen-bond donors (Lipinski definition) is 1. The first-order chi connectivity index (χ1) is 5.42. The first-order valence-corrected chi connectivity index (χ1v) is 5.97. The lowest BCUT2D eigenvalue weighted by Gasteiger charge is -2.32. The summed E-state index contributed by atoms with van der Waals surface area (Å²) in [5.74, 6) is 0.582. The summed E-state index contributed by atoms with van der Waals surface area (Å²) in [6.45, 7) is 5.78. The van der Waals surface area contributed by atoms with Crippen LogP contribution in [0.4, 0.5) is 0 Å². The van der Waals surface area contributed by atoms with Gasteiger partial charge in [0.05, 0.1) is 5.25 Å². The first kappa shape index (κ1) is 9.99. The van der Waals surface area contributed by atoms with Crippen LogP contribution in [0.2, 0.25) is 0 Å². The van der Waals surface area contributed by atoms with Crippen LogP contribution in [0.5, 0.6) is 0 Å². The molecule has 0 amide bonds. The molecule has 1 N–H and O–H groups in total. The predicted molar refractivity (Wildman–Crippen MR) is 49.4 cm³/mol. The Labute approximate surface area is 74.6 Å². The molecule has 4 heteroatoms. The van der Waals surface area contributed by atoms with Crippen molar-refractivity contribution in [1.29, 1.82) is 0 Å². The molecule has 0 aromatic rings. The van der Waals surface area contributed by atoms with Gasteiger partial charge in [0.15, 0.2) is 0 Å². The highest BCUT2D eigenvalue weighted by Crippen LogP contribution is 2.31. The van der Waals surface area contributed by atoms with E-state index in [0.29, 0.717) is 5.92 Å². The van der Waals surface area contributed by atoms with E-state index in [1.54, 1.807) is 0 Å². The van der Waals surface area contributed by atoms with Crippen molar-refractivity contribution in [3.8, 4) is 0 Å². The fraction of sp³-hybridized carbons (Fsp3) is 1.00. The molecule has 1 rings (SSSR count). The van der Waals surface area contributed by atoms with Crippen molar-refractivity contribution >= 4 is 10.0 Å². The van der Waals surface area contributed by atoms with Crippen molar-refractivity contribution in [3.05, 3.63) is 0 Å². The van der Waals surface area contributed by atoms with E-state index in [1.165, 1.54) is 0 Å². The Bertz CT molecular complexity index is 240. The second-order valence-corrected chi connectivity index (χ2v) is 6.01. The number of nitrogens with one attached hydrogen (secondary N) is 1. The van der Waals surface area contributed by atoms with Gasteiger partial charge in [-0.05, 0) is 32.6 Å². The number of hydrogen-bond acceptors (Lipinski definition) is 2. The molecule has 72 valence electrons. The lowest BCUT2D eigenvalue weighted by atomic mass is 9.87. The maximum absolute atomic E-state index is 11.5. The second-order valence-electron chi connectivity index (χ2n) is 4.02. The molecule has 1 fully saturated rings. The lowest BCUT2D eigenvalue weighted by molar-refractivity contribution is 0.341. The van der Waals surface area contributed by atoms with Crippen LogP contribution in [0.3, 0.4) is 0 Å². The van der Waals surface area contributed by atoms with Crippen LogP contribution in [0.15, 0.2) is 0 Å². The van der Waals surface area contributed by atoms with E-state index in [9.17, 15) is 8.42 Å². The van der Waals surface area contributed by atoms with Gasteiger partial charge in [-0.1, -0.05) is 6.92 Å². The molecule has 0 aromatic heterocycles. The molecule has 0 unspecified atom stereocenters. The van der Waals surface area contributed by atoms with Crippen molar-refractivity contribution in [2.75, 3.05) is 0 Å². The van der Waals surface area contributed by atoms with Crippen molar-refractivity contribution in [2.45, 2.75) is 44.9 Å². The molecular weight excluding hydrogens is 174 g/mol. The van der Waals surface area contributed by atoms with Gasteiger partial charge < -0.3 is 0 Å². The quantitative estimate of drug-likeness (QED) is 0.726. The van der Waals surface area contributed by atoms with Gasteiger partial charge in [0.25, 0.3) is 0 Å². The summed E-state index contributed by atoms with van der Waals surface area (Å²) in [4.78, 5) is 0. The summed E-state index contributed by atoms with van der Waals surface area (Å²) in [6.07, 6.45) is 1.64. The van der Waals surface area contributed by atoms with Crippen molar-refractivity contribution in [3.63, 3.8) is 0 Å². The first-order valence-electron chi connectivity index (χ1n) is 4.43. The zero-order valence-corrected chi connectivity index (χ0v) is 8.69. The Morgan fingerprint density at radius 2 is 1.83 bits per heavy atom. The Kier molecular flexibility index (Phi) is 2.78. The third-order valence-electron chi connectivity index (χ3n) is 2.17. The molecule has 0 atom stereocenters. The normalized spacial score (nSPS) is 30.3. The highest BCUT2D eigenvalue weighted by Gasteiger charge is 2.36. The third-order valence-corrected chi connectivity index (χ3v) is 4.23. The van der Waals surface area contributed by atoms with Gasteiger partial charge in [-0.25, -0.2) is 13.1 Å². The summed E-state index contributed by atoms with van der Waals surface area (Å²) >= 11 is 0. The molecule has 12 heavy (non-hydrogen) atoms. The largest absolute Gasteiger partial charge is 0.214 e. The van der Waals surface area contributed by atoms with Crippen LogP contribution in [0, 0.1) is 5.92 Å². The molecular formula is C8H17NO2S. The highest BCUT2D eigenvalue weighted by molar-refractivity contribution is 7.90. The van der Waals surface area contributed by atoms with Crippen molar-refractivity contribution in [1.82, 2.24) is 4.72 Å². The van der Waals surface area contributed by atoms with Crippen LogP contribution in [0.25, 0.3) is 0 Å². The van der Waals surface area contributed by atoms with E-state index in [-0.39, 0.29) is 11.3 Å². The Balaban J connectivity index is 2.50. The Morgan fingerprint density at radius 1 is 1.33 bits per heavy atom. The smallest absolute Gasteiger partial charge is 0.212 e. The predicted octanol–water partition coefficient (Wildman–Crippen LogP) is 1.11. The van der Waals surface area contributed by atoms with E-state index in [0.717, 1.165) is 12.8 Å². The van der Waals surface area contributed by atoms with E-state index < -0.39 is 10.0 Å². The average molecular weight is 191 g/mol. The molecule has 0 radical (unpaired) electrons. The summed E-state index contributed by atoms with van der Waals surface area (Å²) in [6, 6.07) is 0.0194. The molecule has 1 saturated carbocycles. The minimum absolute atomic E-state index is 0.0194. The molecule has 0 aromatic carbocycles. The van der Waals surface area contributed by atoms with Gasteiger partial charge in [-0.2, -0.15) is 0 Å². The molecule has 0 heterocycles. The molecule has 1 aliphatic rings. The zero-order valence-electron chi connectivity index (χ0n) is 7.87.